The summed E-state index contributed by atoms with van der Waals surface area (Å²) in [6.45, 7) is 4.01. The van der Waals surface area contributed by atoms with Crippen molar-refractivity contribution in [2.24, 2.45) is 11.7 Å². The molecule has 1 saturated carbocycles. The molecule has 82 valence electrons. The highest BCUT2D eigenvalue weighted by Crippen LogP contribution is 2.25. The minimum absolute atomic E-state index is 0.506. The van der Waals surface area contributed by atoms with Crippen molar-refractivity contribution in [2.75, 3.05) is 19.6 Å². The summed E-state index contributed by atoms with van der Waals surface area (Å²) in [5.41, 5.74) is 5.94. The number of hydrogen-bond acceptors (Lipinski definition) is 2. The summed E-state index contributed by atoms with van der Waals surface area (Å²) >= 11 is 0. The van der Waals surface area contributed by atoms with E-state index in [4.69, 9.17) is 5.73 Å². The molecular weight excluding hydrogens is 172 g/mol. The first kappa shape index (κ1) is 10.4. The predicted octanol–water partition coefficient (Wildman–Crippen LogP) is 1.99. The minimum atomic E-state index is 0.506. The Bertz CT molecular complexity index is 162. The second kappa shape index (κ2) is 5.13. The van der Waals surface area contributed by atoms with Crippen LogP contribution < -0.4 is 5.73 Å². The summed E-state index contributed by atoms with van der Waals surface area (Å²) in [4.78, 5) is 2.68. The van der Waals surface area contributed by atoms with Crippen molar-refractivity contribution in [3.63, 3.8) is 0 Å². The Labute approximate surface area is 87.8 Å². The maximum Gasteiger partial charge on any atom is 0.00420 e. The van der Waals surface area contributed by atoms with Crippen LogP contribution in [-0.2, 0) is 0 Å². The molecule has 14 heavy (non-hydrogen) atoms. The monoisotopic (exact) mass is 196 g/mol. The molecule has 2 fully saturated rings. The number of nitrogens with two attached hydrogens (primary N) is 1. The van der Waals surface area contributed by atoms with E-state index < -0.39 is 0 Å². The van der Waals surface area contributed by atoms with Crippen molar-refractivity contribution < 1.29 is 0 Å². The highest BCUT2D eigenvalue weighted by molar-refractivity contribution is 4.80. The van der Waals surface area contributed by atoms with Gasteiger partial charge in [0, 0.05) is 12.6 Å². The average molecular weight is 196 g/mol. The van der Waals surface area contributed by atoms with Crippen LogP contribution >= 0.6 is 0 Å². The lowest BCUT2D eigenvalue weighted by Crippen LogP contribution is -2.30. The molecule has 2 N–H and O–H groups in total. The molecule has 1 saturated heterocycles. The molecule has 2 aliphatic rings. The van der Waals surface area contributed by atoms with Gasteiger partial charge < -0.3 is 10.6 Å². The molecule has 0 radical (unpaired) electrons. The van der Waals surface area contributed by atoms with Gasteiger partial charge in [0.25, 0.3) is 0 Å². The van der Waals surface area contributed by atoms with Gasteiger partial charge in [-0.15, -0.1) is 0 Å². The van der Waals surface area contributed by atoms with Crippen LogP contribution in [0.25, 0.3) is 0 Å². The molecule has 0 aromatic carbocycles. The third-order valence-electron chi connectivity index (χ3n) is 3.80. The van der Waals surface area contributed by atoms with Gasteiger partial charge in [-0.05, 0) is 51.1 Å². The van der Waals surface area contributed by atoms with E-state index in [1.165, 1.54) is 64.6 Å². The van der Waals surface area contributed by atoms with Crippen molar-refractivity contribution in [1.82, 2.24) is 4.90 Å². The van der Waals surface area contributed by atoms with E-state index in [-0.39, 0.29) is 0 Å². The van der Waals surface area contributed by atoms with Gasteiger partial charge in [-0.2, -0.15) is 0 Å². The molecule has 0 bridgehead atoms. The Morgan fingerprint density at radius 2 is 1.71 bits per heavy atom. The van der Waals surface area contributed by atoms with E-state index in [2.05, 4.69) is 4.90 Å². The fourth-order valence-corrected chi connectivity index (χ4v) is 2.96. The van der Waals surface area contributed by atoms with Crippen molar-refractivity contribution >= 4 is 0 Å². The molecule has 2 atom stereocenters. The van der Waals surface area contributed by atoms with E-state index in [1.54, 1.807) is 0 Å². The lowest BCUT2D eigenvalue weighted by Gasteiger charge is -2.23. The largest absolute Gasteiger partial charge is 0.328 e. The zero-order chi connectivity index (χ0) is 9.80. The summed E-state index contributed by atoms with van der Waals surface area (Å²) in [6, 6.07) is 0.506. The standard InChI is InChI=1S/C12H24N2/c13-12-6-5-11(9-12)10-14-7-3-1-2-4-8-14/h11-12H,1-10,13H2/t11-,12+/m0/s1. The number of hydrogen-bond donors (Lipinski definition) is 1. The molecule has 1 aliphatic heterocycles. The van der Waals surface area contributed by atoms with Crippen LogP contribution in [0.15, 0.2) is 0 Å². The van der Waals surface area contributed by atoms with Crippen LogP contribution in [0.2, 0.25) is 0 Å². The Balaban J connectivity index is 1.72. The van der Waals surface area contributed by atoms with Crippen LogP contribution in [0.3, 0.4) is 0 Å². The van der Waals surface area contributed by atoms with E-state index in [1.807, 2.05) is 0 Å². The van der Waals surface area contributed by atoms with E-state index in [0.29, 0.717) is 6.04 Å². The first-order valence-electron chi connectivity index (χ1n) is 6.32. The summed E-state index contributed by atoms with van der Waals surface area (Å²) in [5.74, 6) is 0.906. The Hall–Kier alpha value is -0.0800. The third kappa shape index (κ3) is 2.96. The van der Waals surface area contributed by atoms with Gasteiger partial charge >= 0.3 is 0 Å². The van der Waals surface area contributed by atoms with E-state index in [9.17, 15) is 0 Å². The van der Waals surface area contributed by atoms with Crippen LogP contribution in [0.4, 0.5) is 0 Å². The molecule has 0 aromatic rings. The molecule has 1 aliphatic carbocycles. The van der Waals surface area contributed by atoms with Crippen molar-refractivity contribution in [1.29, 1.82) is 0 Å². The maximum absolute atomic E-state index is 5.94. The van der Waals surface area contributed by atoms with Gasteiger partial charge in [0.15, 0.2) is 0 Å². The SMILES string of the molecule is N[C@@H]1CC[C@H](CN2CCCCCC2)C1. The first-order chi connectivity index (χ1) is 6.84. The number of likely N-dealkylation sites (tertiary alicyclic amines) is 1. The summed E-state index contributed by atoms with van der Waals surface area (Å²) < 4.78 is 0. The lowest BCUT2D eigenvalue weighted by atomic mass is 10.1. The van der Waals surface area contributed by atoms with Crippen LogP contribution in [-0.4, -0.2) is 30.6 Å². The van der Waals surface area contributed by atoms with Gasteiger partial charge in [-0.25, -0.2) is 0 Å². The van der Waals surface area contributed by atoms with Crippen molar-refractivity contribution in [3.05, 3.63) is 0 Å². The highest BCUT2D eigenvalue weighted by atomic mass is 15.1. The summed E-state index contributed by atoms with van der Waals surface area (Å²) in [7, 11) is 0. The second-order valence-electron chi connectivity index (χ2n) is 5.15. The topological polar surface area (TPSA) is 29.3 Å². The fourth-order valence-electron chi connectivity index (χ4n) is 2.96. The number of rotatable bonds is 2. The maximum atomic E-state index is 5.94. The first-order valence-corrected chi connectivity index (χ1v) is 6.32. The van der Waals surface area contributed by atoms with Gasteiger partial charge in [0.1, 0.15) is 0 Å². The van der Waals surface area contributed by atoms with Gasteiger partial charge in [-0.3, -0.25) is 0 Å². The minimum Gasteiger partial charge on any atom is -0.328 e. The molecule has 2 nitrogen and oxygen atoms in total. The molecule has 0 aromatic heterocycles. The Morgan fingerprint density at radius 3 is 2.29 bits per heavy atom. The fraction of sp³-hybridized carbons (Fsp3) is 1.00. The van der Waals surface area contributed by atoms with Gasteiger partial charge in [0.2, 0.25) is 0 Å². The molecular formula is C12H24N2. The van der Waals surface area contributed by atoms with Crippen molar-refractivity contribution in [2.45, 2.75) is 51.0 Å². The average Bonchev–Trinajstić information content (AvgIpc) is 2.43. The van der Waals surface area contributed by atoms with Crippen molar-refractivity contribution in [3.8, 4) is 0 Å². The highest BCUT2D eigenvalue weighted by Gasteiger charge is 2.23. The predicted molar refractivity (Wildman–Crippen MR) is 60.2 cm³/mol. The van der Waals surface area contributed by atoms with Gasteiger partial charge in [-0.1, -0.05) is 12.8 Å². The molecule has 0 unspecified atom stereocenters. The molecule has 0 spiro atoms. The second-order valence-corrected chi connectivity index (χ2v) is 5.15. The molecule has 0 amide bonds. The zero-order valence-electron chi connectivity index (χ0n) is 9.25. The van der Waals surface area contributed by atoms with E-state index in [0.717, 1.165) is 5.92 Å². The van der Waals surface area contributed by atoms with Crippen LogP contribution in [0.5, 0.6) is 0 Å². The Morgan fingerprint density at radius 1 is 1.00 bits per heavy atom. The summed E-state index contributed by atoms with van der Waals surface area (Å²) in [6.07, 6.45) is 9.63. The smallest absolute Gasteiger partial charge is 0.00420 e. The molecule has 1 heterocycles. The quantitative estimate of drug-likeness (QED) is 0.732. The summed E-state index contributed by atoms with van der Waals surface area (Å²) in [5, 5.41) is 0. The van der Waals surface area contributed by atoms with Crippen LogP contribution in [0, 0.1) is 5.92 Å². The van der Waals surface area contributed by atoms with E-state index >= 15 is 0 Å². The number of nitrogens with zero attached hydrogens (tertiary/aromatic N) is 1. The molecule has 2 heteroatoms. The lowest BCUT2D eigenvalue weighted by molar-refractivity contribution is 0.239. The zero-order valence-corrected chi connectivity index (χ0v) is 9.25. The van der Waals surface area contributed by atoms with Gasteiger partial charge in [0.05, 0.1) is 0 Å². The van der Waals surface area contributed by atoms with Crippen LogP contribution in [0.1, 0.15) is 44.9 Å². The third-order valence-corrected chi connectivity index (χ3v) is 3.80. The normalized spacial score (nSPS) is 35.8. The Kier molecular flexibility index (Phi) is 3.82. The molecule has 2 rings (SSSR count).